The first-order valence-electron chi connectivity index (χ1n) is 21.3. The van der Waals surface area contributed by atoms with Crippen LogP contribution in [0.3, 0.4) is 0 Å². The number of nitrogens with zero attached hydrogens (tertiary/aromatic N) is 13. The summed E-state index contributed by atoms with van der Waals surface area (Å²) in [7, 11) is 0. The van der Waals surface area contributed by atoms with Crippen molar-refractivity contribution >= 4 is 35.6 Å². The van der Waals surface area contributed by atoms with E-state index < -0.39 is 18.1 Å². The summed E-state index contributed by atoms with van der Waals surface area (Å²) in [6, 6.07) is 5.36. The fourth-order valence-corrected chi connectivity index (χ4v) is 7.06. The van der Waals surface area contributed by atoms with Crippen LogP contribution < -0.4 is 15.1 Å². The minimum absolute atomic E-state index is 0.0775. The number of phenols is 1. The van der Waals surface area contributed by atoms with E-state index in [9.17, 15) is 24.6 Å². The van der Waals surface area contributed by atoms with Gasteiger partial charge in [0, 0.05) is 97.2 Å². The number of aliphatic hydroxyl groups excluding tert-OH is 1. The summed E-state index contributed by atoms with van der Waals surface area (Å²) in [5.74, 6) is 2.54. The van der Waals surface area contributed by atoms with Gasteiger partial charge in [-0.1, -0.05) is 28.5 Å². The summed E-state index contributed by atoms with van der Waals surface area (Å²) in [5.41, 5.74) is 1.92. The lowest BCUT2D eigenvalue weighted by Crippen LogP contribution is -2.52. The summed E-state index contributed by atoms with van der Waals surface area (Å²) in [5, 5.41) is 48.0. The molecule has 0 saturated carbocycles. The predicted octanol–water partition coefficient (Wildman–Crippen LogP) is -0.550. The lowest BCUT2D eigenvalue weighted by atomic mass is 10.0. The fourth-order valence-electron chi connectivity index (χ4n) is 7.06. The van der Waals surface area contributed by atoms with Gasteiger partial charge in [0.05, 0.1) is 50.8 Å². The van der Waals surface area contributed by atoms with Crippen molar-refractivity contribution in [1.29, 1.82) is 0 Å². The van der Waals surface area contributed by atoms with Gasteiger partial charge in [-0.2, -0.15) is 15.0 Å². The third-order valence-corrected chi connectivity index (χ3v) is 10.6. The highest BCUT2D eigenvalue weighted by molar-refractivity contribution is 5.81. The van der Waals surface area contributed by atoms with Crippen LogP contribution in [-0.2, 0) is 47.9 Å². The number of aliphatic hydroxyl groups is 1. The number of carbonyl (C=O) groups is 3. The number of carboxylic acid groups (broad SMARTS) is 1. The molecule has 4 N–H and O–H groups in total. The smallest absolute Gasteiger partial charge is 0.303 e. The molecular weight excluding hydrogens is 833 g/mol. The molecule has 23 heteroatoms. The topological polar surface area (TPSA) is 265 Å². The van der Waals surface area contributed by atoms with Gasteiger partial charge in [-0.3, -0.25) is 14.4 Å². The molecule has 2 aliphatic heterocycles. The number of phenolic OH excluding ortho intramolecular Hbond substituents is 1. The molecule has 0 aliphatic carbocycles. The van der Waals surface area contributed by atoms with E-state index in [2.05, 4.69) is 31.9 Å². The largest absolute Gasteiger partial charge is 0.508 e. The van der Waals surface area contributed by atoms with Crippen LogP contribution in [0.15, 0.2) is 36.7 Å². The number of aromatic nitrogens is 9. The molecule has 0 spiro atoms. The van der Waals surface area contributed by atoms with Gasteiger partial charge in [0.1, 0.15) is 24.4 Å². The highest BCUT2D eigenvalue weighted by Crippen LogP contribution is 2.24. The Morgan fingerprint density at radius 1 is 0.766 bits per heavy atom. The second-order valence-electron chi connectivity index (χ2n) is 15.1. The third kappa shape index (κ3) is 13.5. The van der Waals surface area contributed by atoms with Gasteiger partial charge >= 0.3 is 5.97 Å². The van der Waals surface area contributed by atoms with Gasteiger partial charge in [0.25, 0.3) is 0 Å². The number of hydrogen-bond donors (Lipinski definition) is 4. The van der Waals surface area contributed by atoms with Crippen LogP contribution in [0, 0.1) is 12.3 Å². The second-order valence-corrected chi connectivity index (χ2v) is 15.1. The first-order valence-corrected chi connectivity index (χ1v) is 21.3. The molecule has 0 bridgehead atoms. The van der Waals surface area contributed by atoms with Gasteiger partial charge < -0.3 is 54.4 Å². The number of hydrogen-bond acceptors (Lipinski definition) is 18. The average Bonchev–Trinajstić information content (AvgIpc) is 4.00. The maximum absolute atomic E-state index is 14.2. The lowest BCUT2D eigenvalue weighted by molar-refractivity contribution is -0.137. The molecular formula is C41H56N14O9. The molecule has 23 nitrogen and oxygen atoms in total. The monoisotopic (exact) mass is 888 g/mol. The van der Waals surface area contributed by atoms with Crippen LogP contribution >= 0.6 is 0 Å². The molecule has 2 atom stereocenters. The molecule has 4 aromatic rings. The molecule has 64 heavy (non-hydrogen) atoms. The first kappa shape index (κ1) is 47.0. The van der Waals surface area contributed by atoms with Crippen molar-refractivity contribution in [3.05, 3.63) is 53.6 Å². The quantitative estimate of drug-likeness (QED) is 0.0508. The molecule has 2 fully saturated rings. The van der Waals surface area contributed by atoms with Crippen molar-refractivity contribution in [2.24, 2.45) is 0 Å². The Kier molecular flexibility index (Phi) is 17.5. The molecule has 3 aromatic heterocycles. The zero-order valence-electron chi connectivity index (χ0n) is 35.9. The number of aryl methyl sites for hydroxylation is 1. The number of anilines is 3. The van der Waals surface area contributed by atoms with Crippen molar-refractivity contribution in [1.82, 2.24) is 54.7 Å². The number of amides is 2. The van der Waals surface area contributed by atoms with Gasteiger partial charge in [-0.15, -0.1) is 16.6 Å². The predicted molar refractivity (Wildman–Crippen MR) is 230 cm³/mol. The van der Waals surface area contributed by atoms with Crippen LogP contribution in [0.5, 0.6) is 5.75 Å². The molecule has 6 rings (SSSR count). The number of nitrogens with one attached hydrogen (secondary N) is 1. The van der Waals surface area contributed by atoms with Crippen molar-refractivity contribution in [3.63, 3.8) is 0 Å². The molecule has 344 valence electrons. The maximum atomic E-state index is 14.2. The zero-order valence-corrected chi connectivity index (χ0v) is 35.9. The van der Waals surface area contributed by atoms with Gasteiger partial charge in [0.15, 0.2) is 0 Å². The normalized spacial score (nSPS) is 15.2. The Bertz CT molecular complexity index is 2150. The van der Waals surface area contributed by atoms with E-state index in [0.29, 0.717) is 134 Å². The first-order chi connectivity index (χ1) is 31.1. The van der Waals surface area contributed by atoms with E-state index in [4.69, 9.17) is 40.7 Å². The Balaban J connectivity index is 1.09. The van der Waals surface area contributed by atoms with E-state index in [-0.39, 0.29) is 43.6 Å². The van der Waals surface area contributed by atoms with Gasteiger partial charge in [-0.25, -0.2) is 9.36 Å². The van der Waals surface area contributed by atoms with Crippen molar-refractivity contribution in [2.45, 2.75) is 44.7 Å². The Morgan fingerprint density at radius 2 is 1.33 bits per heavy atom. The zero-order chi connectivity index (χ0) is 45.3. The van der Waals surface area contributed by atoms with Gasteiger partial charge in [-0.05, 0) is 24.6 Å². The molecule has 2 saturated heterocycles. The van der Waals surface area contributed by atoms with Crippen molar-refractivity contribution in [3.8, 4) is 18.1 Å². The van der Waals surface area contributed by atoms with Crippen molar-refractivity contribution in [2.75, 3.05) is 120 Å². The van der Waals surface area contributed by atoms with Crippen LogP contribution in [0.1, 0.15) is 42.4 Å². The maximum Gasteiger partial charge on any atom is 0.303 e. The fraction of sp³-hybridized carbons (Fsp3) is 0.561. The molecule has 2 aliphatic rings. The highest BCUT2D eigenvalue weighted by atomic mass is 16.5. The molecule has 0 radical (unpaired) electrons. The van der Waals surface area contributed by atoms with E-state index in [1.54, 1.807) is 58.1 Å². The lowest BCUT2D eigenvalue weighted by Gasteiger charge is -2.38. The number of benzene rings is 1. The number of carboxylic acids is 1. The third-order valence-electron chi connectivity index (χ3n) is 10.6. The Hall–Kier alpha value is -6.48. The van der Waals surface area contributed by atoms with E-state index >= 15 is 0 Å². The highest BCUT2D eigenvalue weighted by Gasteiger charge is 2.32. The van der Waals surface area contributed by atoms with Crippen LogP contribution in [0.4, 0.5) is 17.8 Å². The Morgan fingerprint density at radius 3 is 1.94 bits per heavy atom. The number of ether oxygens (including phenoxy) is 3. The summed E-state index contributed by atoms with van der Waals surface area (Å²) >= 11 is 0. The van der Waals surface area contributed by atoms with E-state index in [1.807, 2.05) is 9.80 Å². The number of carbonyl (C=O) groups excluding carboxylic acids is 2. The minimum Gasteiger partial charge on any atom is -0.508 e. The SMILES string of the molecule is C#CCOCCOCCOCCNc1nc(N2CCN(C(=O)[C@H](C)n3cc(CCC(=O)O)nn3)CC2)nc(N2CCN(C(=O)[C@H](Cc3ccc(O)cc3)n3cc(CCO)nn3)CC2)n1. The van der Waals surface area contributed by atoms with Gasteiger partial charge in [0.2, 0.25) is 29.7 Å². The average molecular weight is 889 g/mol. The van der Waals surface area contributed by atoms with Crippen LogP contribution in [-0.4, -0.2) is 193 Å². The number of rotatable bonds is 24. The second kappa shape index (κ2) is 23.8. The summed E-state index contributed by atoms with van der Waals surface area (Å²) in [6.07, 6.45) is 9.25. The molecule has 5 heterocycles. The Labute approximate surface area is 370 Å². The summed E-state index contributed by atoms with van der Waals surface area (Å²) < 4.78 is 19.4. The number of aromatic hydroxyl groups is 1. The minimum atomic E-state index is -0.933. The number of terminal acetylenes is 1. The molecule has 0 unspecified atom stereocenters. The number of piperazine rings is 2. The summed E-state index contributed by atoms with van der Waals surface area (Å²) in [4.78, 5) is 60.7. The van der Waals surface area contributed by atoms with E-state index in [1.165, 1.54) is 4.68 Å². The van der Waals surface area contributed by atoms with Crippen LogP contribution in [0.25, 0.3) is 0 Å². The molecule has 2 amide bonds. The van der Waals surface area contributed by atoms with E-state index in [0.717, 1.165) is 5.56 Å². The van der Waals surface area contributed by atoms with Crippen molar-refractivity contribution < 1.29 is 43.9 Å². The standard InChI is InChI=1S/C41H56N14O9/c1-3-21-62-23-25-64-26-24-63-22-11-42-39-43-40(52-16-12-50(13-17-52)37(60)30(2)54-28-32(46-48-54)6-9-36(58)59)45-41(44-39)53-18-14-51(15-19-53)38(61)35(27-31-4-7-34(57)8-5-31)55-29-33(10-20-56)47-49-55/h1,4-5,7-8,28-30,35,56-57H,6,9-27H2,2H3,(H,58,59)(H,42,43,44,45)/t30-,35-/m0/s1. The summed E-state index contributed by atoms with van der Waals surface area (Å²) in [6.45, 7) is 7.59. The number of aliphatic carboxylic acids is 1. The molecule has 1 aromatic carbocycles. The van der Waals surface area contributed by atoms with Crippen LogP contribution in [0.2, 0.25) is 0 Å².